The minimum atomic E-state index is -0.648. The second-order valence-electron chi connectivity index (χ2n) is 5.12. The predicted molar refractivity (Wildman–Crippen MR) is 76.5 cm³/mol. The van der Waals surface area contributed by atoms with Crippen LogP contribution in [0.1, 0.15) is 25.7 Å². The van der Waals surface area contributed by atoms with Gasteiger partial charge >= 0.3 is 0 Å². The summed E-state index contributed by atoms with van der Waals surface area (Å²) in [5, 5.41) is 9.36. The fourth-order valence-corrected chi connectivity index (χ4v) is 2.50. The third kappa shape index (κ3) is 3.27. The van der Waals surface area contributed by atoms with E-state index in [0.29, 0.717) is 5.75 Å². The van der Waals surface area contributed by atoms with Gasteiger partial charge in [-0.1, -0.05) is 11.6 Å². The number of halogens is 2. The summed E-state index contributed by atoms with van der Waals surface area (Å²) in [5.41, 5.74) is -0.648. The summed E-state index contributed by atoms with van der Waals surface area (Å²) in [4.78, 5) is 13.6. The predicted octanol–water partition coefficient (Wildman–Crippen LogP) is 3.15. The van der Waals surface area contributed by atoms with Gasteiger partial charge in [0.1, 0.15) is 17.1 Å². The molecule has 0 radical (unpaired) electrons. The number of amides is 1. The minimum Gasteiger partial charge on any atom is -0.491 e. The number of carbonyl (C=O) groups excluding carboxylic acids is 1. The molecule has 1 aliphatic carbocycles. The van der Waals surface area contributed by atoms with Gasteiger partial charge in [0, 0.05) is 7.05 Å². The van der Waals surface area contributed by atoms with Crippen LogP contribution in [0.2, 0.25) is 5.02 Å². The molecule has 1 fully saturated rings. The van der Waals surface area contributed by atoms with Gasteiger partial charge in [0.25, 0.3) is 0 Å². The number of hydrogen-bond donors (Lipinski definition) is 0. The summed E-state index contributed by atoms with van der Waals surface area (Å²) in [7, 11) is 1.65. The van der Waals surface area contributed by atoms with Crippen LogP contribution < -0.4 is 4.74 Å². The van der Waals surface area contributed by atoms with Crippen molar-refractivity contribution in [2.24, 2.45) is 0 Å². The van der Waals surface area contributed by atoms with Crippen LogP contribution in [0.5, 0.6) is 5.75 Å². The Balaban J connectivity index is 1.86. The van der Waals surface area contributed by atoms with Gasteiger partial charge in [-0.3, -0.25) is 4.79 Å². The normalized spacial score (nSPS) is 15.7. The van der Waals surface area contributed by atoms with Crippen molar-refractivity contribution in [3.8, 4) is 11.8 Å². The summed E-state index contributed by atoms with van der Waals surface area (Å²) in [6.07, 6.45) is 2.55. The minimum absolute atomic E-state index is 0.135. The molecule has 4 nitrogen and oxygen atoms in total. The van der Waals surface area contributed by atoms with Crippen molar-refractivity contribution in [3.63, 3.8) is 0 Å². The van der Waals surface area contributed by atoms with E-state index in [1.54, 1.807) is 7.05 Å². The molecule has 0 bridgehead atoms. The zero-order chi connectivity index (χ0) is 15.5. The molecule has 0 aliphatic heterocycles. The van der Waals surface area contributed by atoms with Crippen molar-refractivity contribution in [1.29, 1.82) is 5.26 Å². The molecule has 21 heavy (non-hydrogen) atoms. The van der Waals surface area contributed by atoms with Gasteiger partial charge in [0.2, 0.25) is 5.91 Å². The van der Waals surface area contributed by atoms with E-state index in [4.69, 9.17) is 16.3 Å². The number of hydrogen-bond acceptors (Lipinski definition) is 3. The topological polar surface area (TPSA) is 53.3 Å². The average molecular weight is 311 g/mol. The van der Waals surface area contributed by atoms with Gasteiger partial charge in [0.05, 0.1) is 24.1 Å². The molecule has 2 rings (SSSR count). The molecular formula is C15H16ClFN2O2. The highest BCUT2D eigenvalue weighted by Gasteiger charge is 2.43. The number of ether oxygens (including phenoxy) is 1. The molecule has 0 aromatic heterocycles. The van der Waals surface area contributed by atoms with Crippen LogP contribution in [0.3, 0.4) is 0 Å². The third-order valence-electron chi connectivity index (χ3n) is 3.87. The number of nitriles is 1. The van der Waals surface area contributed by atoms with Crippen LogP contribution in [-0.2, 0) is 4.79 Å². The first-order chi connectivity index (χ1) is 9.98. The van der Waals surface area contributed by atoms with Crippen LogP contribution in [0.25, 0.3) is 0 Å². The Morgan fingerprint density at radius 1 is 1.57 bits per heavy atom. The Bertz CT molecular complexity index is 582. The zero-order valence-electron chi connectivity index (χ0n) is 11.7. The molecule has 1 saturated carbocycles. The lowest BCUT2D eigenvalue weighted by Crippen LogP contribution is -2.53. The van der Waals surface area contributed by atoms with E-state index >= 15 is 0 Å². The first-order valence-electron chi connectivity index (χ1n) is 6.74. The molecule has 1 aliphatic rings. The van der Waals surface area contributed by atoms with Crippen molar-refractivity contribution in [2.45, 2.75) is 31.2 Å². The van der Waals surface area contributed by atoms with Crippen molar-refractivity contribution in [3.05, 3.63) is 29.0 Å². The van der Waals surface area contributed by atoms with Gasteiger partial charge < -0.3 is 9.64 Å². The van der Waals surface area contributed by atoms with E-state index in [0.717, 1.165) is 25.3 Å². The van der Waals surface area contributed by atoms with Crippen molar-refractivity contribution in [2.75, 3.05) is 13.7 Å². The Morgan fingerprint density at radius 2 is 2.29 bits per heavy atom. The summed E-state index contributed by atoms with van der Waals surface area (Å²) in [6, 6.07) is 6.05. The number of benzene rings is 1. The van der Waals surface area contributed by atoms with E-state index in [9.17, 15) is 14.4 Å². The largest absolute Gasteiger partial charge is 0.491 e. The van der Waals surface area contributed by atoms with Crippen molar-refractivity contribution < 1.29 is 13.9 Å². The number of nitrogens with zero attached hydrogens (tertiary/aromatic N) is 2. The molecular weight excluding hydrogens is 295 g/mol. The second kappa shape index (κ2) is 6.31. The van der Waals surface area contributed by atoms with Crippen LogP contribution in [-0.4, -0.2) is 30.0 Å². The summed E-state index contributed by atoms with van der Waals surface area (Å²) >= 11 is 5.83. The standard InChI is InChI=1S/C15H16ClFN2O2/c1-19(15(10-18)6-2-7-15)14(20)5-8-21-13-4-3-11(17)9-12(13)16/h3-4,9H,2,5-8H2,1H3. The highest BCUT2D eigenvalue weighted by molar-refractivity contribution is 6.32. The van der Waals surface area contributed by atoms with E-state index < -0.39 is 11.4 Å². The van der Waals surface area contributed by atoms with E-state index in [2.05, 4.69) is 6.07 Å². The smallest absolute Gasteiger partial charge is 0.227 e. The molecule has 0 atom stereocenters. The molecule has 1 amide bonds. The highest BCUT2D eigenvalue weighted by Crippen LogP contribution is 2.36. The Kier molecular flexibility index (Phi) is 4.69. The number of carbonyl (C=O) groups is 1. The maximum atomic E-state index is 12.9. The molecule has 6 heteroatoms. The van der Waals surface area contributed by atoms with Gasteiger partial charge in [0.15, 0.2) is 0 Å². The van der Waals surface area contributed by atoms with Gasteiger partial charge in [-0.25, -0.2) is 4.39 Å². The van der Waals surface area contributed by atoms with E-state index in [1.165, 1.54) is 17.0 Å². The Labute approximate surface area is 128 Å². The third-order valence-corrected chi connectivity index (χ3v) is 4.17. The maximum Gasteiger partial charge on any atom is 0.227 e. The molecule has 1 aromatic carbocycles. The monoisotopic (exact) mass is 310 g/mol. The summed E-state index contributed by atoms with van der Waals surface area (Å²) in [5.74, 6) is -0.245. The van der Waals surface area contributed by atoms with E-state index in [1.807, 2.05) is 0 Å². The first-order valence-corrected chi connectivity index (χ1v) is 7.12. The molecule has 0 unspecified atom stereocenters. The lowest BCUT2D eigenvalue weighted by molar-refractivity contribution is -0.136. The van der Waals surface area contributed by atoms with Gasteiger partial charge in [-0.15, -0.1) is 0 Å². The van der Waals surface area contributed by atoms with Gasteiger partial charge in [-0.2, -0.15) is 5.26 Å². The fraction of sp³-hybridized carbons (Fsp3) is 0.467. The zero-order valence-corrected chi connectivity index (χ0v) is 12.5. The van der Waals surface area contributed by atoms with Gasteiger partial charge in [-0.05, 0) is 37.5 Å². The molecule has 0 N–H and O–H groups in total. The molecule has 0 saturated heterocycles. The summed E-state index contributed by atoms with van der Waals surface area (Å²) in [6.45, 7) is 0.135. The Morgan fingerprint density at radius 3 is 2.81 bits per heavy atom. The van der Waals surface area contributed by atoms with Crippen LogP contribution >= 0.6 is 11.6 Å². The summed E-state index contributed by atoms with van der Waals surface area (Å²) < 4.78 is 18.3. The lowest BCUT2D eigenvalue weighted by Gasteiger charge is -2.42. The van der Waals surface area contributed by atoms with Crippen molar-refractivity contribution in [1.82, 2.24) is 4.90 Å². The average Bonchev–Trinajstić information content (AvgIpc) is 2.40. The van der Waals surface area contributed by atoms with Crippen LogP contribution in [0.15, 0.2) is 18.2 Å². The molecule has 0 spiro atoms. The fourth-order valence-electron chi connectivity index (χ4n) is 2.28. The van der Waals surface area contributed by atoms with Crippen molar-refractivity contribution >= 4 is 17.5 Å². The van der Waals surface area contributed by atoms with Crippen LogP contribution in [0, 0.1) is 17.1 Å². The molecule has 0 heterocycles. The van der Waals surface area contributed by atoms with Crippen LogP contribution in [0.4, 0.5) is 4.39 Å². The number of rotatable bonds is 5. The lowest BCUT2D eigenvalue weighted by atomic mass is 9.76. The maximum absolute atomic E-state index is 12.9. The van der Waals surface area contributed by atoms with E-state index in [-0.39, 0.29) is 24.0 Å². The second-order valence-corrected chi connectivity index (χ2v) is 5.53. The first kappa shape index (κ1) is 15.6. The SMILES string of the molecule is CN(C(=O)CCOc1ccc(F)cc1Cl)C1(C#N)CCC1. The highest BCUT2D eigenvalue weighted by atomic mass is 35.5. The molecule has 112 valence electrons. The Hall–Kier alpha value is -1.80. The molecule has 1 aromatic rings. The quantitative estimate of drug-likeness (QED) is 0.839.